The number of nitrogens with one attached hydrogen (secondary N) is 1. The minimum absolute atomic E-state index is 0.0778. The Hall–Kier alpha value is -0.320. The zero-order valence-electron chi connectivity index (χ0n) is 9.34. The van der Waals surface area contributed by atoms with Crippen LogP contribution in [0.5, 0.6) is 0 Å². The highest BCUT2D eigenvalue weighted by atomic mass is 35.5. The van der Waals surface area contributed by atoms with Crippen molar-refractivity contribution in [1.29, 1.82) is 0 Å². The summed E-state index contributed by atoms with van der Waals surface area (Å²) in [6.45, 7) is 4.49. The summed E-state index contributed by atoms with van der Waals surface area (Å²) >= 11 is 12.1. The first-order valence-electron chi connectivity index (χ1n) is 5.13. The number of benzene rings is 1. The number of nitrogens with two attached hydrogens (primary N) is 1. The molecule has 3 N–H and O–H groups in total. The maximum absolute atomic E-state index is 6.13. The van der Waals surface area contributed by atoms with Crippen LogP contribution in [-0.4, -0.2) is 12.7 Å². The largest absolute Gasteiger partial charge is 0.377 e. The van der Waals surface area contributed by atoms with E-state index in [1.54, 1.807) is 6.07 Å². The van der Waals surface area contributed by atoms with Crippen molar-refractivity contribution >= 4 is 23.2 Å². The van der Waals surface area contributed by atoms with Gasteiger partial charge in [-0.25, -0.2) is 0 Å². The van der Waals surface area contributed by atoms with Crippen molar-refractivity contribution in [2.75, 3.05) is 6.61 Å². The number of rotatable bonds is 5. The van der Waals surface area contributed by atoms with Gasteiger partial charge in [0.15, 0.2) is 0 Å². The van der Waals surface area contributed by atoms with Gasteiger partial charge in [-0.1, -0.05) is 35.3 Å². The normalized spacial score (nSPS) is 14.8. The number of halogens is 2. The third-order valence-corrected chi connectivity index (χ3v) is 3.23. The molecule has 0 saturated carbocycles. The molecule has 16 heavy (non-hydrogen) atoms. The van der Waals surface area contributed by atoms with E-state index in [-0.39, 0.29) is 12.1 Å². The van der Waals surface area contributed by atoms with E-state index in [4.69, 9.17) is 33.8 Å². The maximum Gasteiger partial charge on any atom is 0.0755 e. The third-order valence-electron chi connectivity index (χ3n) is 2.40. The SMILES string of the molecule is CCOC(C)C(NN)c1cccc(Cl)c1Cl. The fraction of sp³-hybridized carbons (Fsp3) is 0.455. The van der Waals surface area contributed by atoms with Gasteiger partial charge < -0.3 is 4.74 Å². The van der Waals surface area contributed by atoms with Crippen molar-refractivity contribution in [3.8, 4) is 0 Å². The molecule has 0 amide bonds. The van der Waals surface area contributed by atoms with E-state index in [9.17, 15) is 0 Å². The van der Waals surface area contributed by atoms with E-state index in [1.165, 1.54) is 0 Å². The predicted molar refractivity (Wildman–Crippen MR) is 67.6 cm³/mol. The van der Waals surface area contributed by atoms with Crippen molar-refractivity contribution in [2.24, 2.45) is 5.84 Å². The molecule has 0 aromatic heterocycles. The molecule has 1 aromatic rings. The number of hydrazine groups is 1. The maximum atomic E-state index is 6.13. The molecule has 0 aliphatic rings. The zero-order valence-corrected chi connectivity index (χ0v) is 10.8. The molecule has 1 aromatic carbocycles. The highest BCUT2D eigenvalue weighted by molar-refractivity contribution is 6.42. The van der Waals surface area contributed by atoms with Crippen molar-refractivity contribution in [3.63, 3.8) is 0 Å². The predicted octanol–water partition coefficient (Wildman–Crippen LogP) is 2.92. The van der Waals surface area contributed by atoms with Crippen molar-refractivity contribution in [1.82, 2.24) is 5.43 Å². The fourth-order valence-corrected chi connectivity index (χ4v) is 2.02. The van der Waals surface area contributed by atoms with Gasteiger partial charge in [0.05, 0.1) is 22.2 Å². The molecular formula is C11H16Cl2N2O. The van der Waals surface area contributed by atoms with Crippen LogP contribution in [0.4, 0.5) is 0 Å². The number of hydrogen-bond acceptors (Lipinski definition) is 3. The lowest BCUT2D eigenvalue weighted by atomic mass is 10.0. The first kappa shape index (κ1) is 13.7. The van der Waals surface area contributed by atoms with Gasteiger partial charge in [0.25, 0.3) is 0 Å². The van der Waals surface area contributed by atoms with E-state index < -0.39 is 0 Å². The van der Waals surface area contributed by atoms with Crippen molar-refractivity contribution in [3.05, 3.63) is 33.8 Å². The summed E-state index contributed by atoms with van der Waals surface area (Å²) < 4.78 is 5.50. The van der Waals surface area contributed by atoms with E-state index in [2.05, 4.69) is 5.43 Å². The van der Waals surface area contributed by atoms with E-state index >= 15 is 0 Å². The Morgan fingerprint density at radius 3 is 2.69 bits per heavy atom. The van der Waals surface area contributed by atoms with E-state index in [0.717, 1.165) is 5.56 Å². The van der Waals surface area contributed by atoms with Crippen LogP contribution in [-0.2, 0) is 4.74 Å². The quantitative estimate of drug-likeness (QED) is 0.634. The summed E-state index contributed by atoms with van der Waals surface area (Å²) in [6, 6.07) is 5.29. The Balaban J connectivity index is 2.99. The highest BCUT2D eigenvalue weighted by Gasteiger charge is 2.21. The van der Waals surface area contributed by atoms with Crippen molar-refractivity contribution < 1.29 is 4.74 Å². The second kappa shape index (κ2) is 6.42. The van der Waals surface area contributed by atoms with Crippen LogP contribution >= 0.6 is 23.2 Å². The minimum Gasteiger partial charge on any atom is -0.377 e. The van der Waals surface area contributed by atoms with Gasteiger partial charge in [0, 0.05) is 6.61 Å². The van der Waals surface area contributed by atoms with Gasteiger partial charge in [0.1, 0.15) is 0 Å². The summed E-state index contributed by atoms with van der Waals surface area (Å²) in [5, 5.41) is 1.03. The molecule has 2 atom stereocenters. The molecule has 0 saturated heterocycles. The van der Waals surface area contributed by atoms with E-state index in [1.807, 2.05) is 26.0 Å². The lowest BCUT2D eigenvalue weighted by molar-refractivity contribution is 0.0473. The molecular weight excluding hydrogens is 247 g/mol. The van der Waals surface area contributed by atoms with Gasteiger partial charge in [0.2, 0.25) is 0 Å². The average Bonchev–Trinajstić information content (AvgIpc) is 2.25. The van der Waals surface area contributed by atoms with Crippen LogP contribution < -0.4 is 11.3 Å². The Morgan fingerprint density at radius 2 is 2.12 bits per heavy atom. The average molecular weight is 263 g/mol. The number of hydrogen-bond donors (Lipinski definition) is 2. The molecule has 0 fully saturated rings. The Kier molecular flexibility index (Phi) is 5.52. The Labute approximate surface area is 106 Å². The molecule has 0 aliphatic carbocycles. The second-order valence-electron chi connectivity index (χ2n) is 3.45. The van der Waals surface area contributed by atoms with Gasteiger partial charge >= 0.3 is 0 Å². The lowest BCUT2D eigenvalue weighted by Crippen LogP contribution is -2.36. The van der Waals surface area contributed by atoms with Crippen LogP contribution in [0.3, 0.4) is 0 Å². The molecule has 0 bridgehead atoms. The monoisotopic (exact) mass is 262 g/mol. The Bertz CT molecular complexity index is 347. The fourth-order valence-electron chi connectivity index (χ4n) is 1.60. The molecule has 0 spiro atoms. The summed E-state index contributed by atoms with van der Waals surface area (Å²) in [5.41, 5.74) is 3.55. The van der Waals surface area contributed by atoms with Crippen LogP contribution in [0, 0.1) is 0 Å². The molecule has 0 aliphatic heterocycles. The summed E-state index contributed by atoms with van der Waals surface area (Å²) in [6.07, 6.45) is -0.0778. The molecule has 3 nitrogen and oxygen atoms in total. The lowest BCUT2D eigenvalue weighted by Gasteiger charge is -2.24. The first-order valence-corrected chi connectivity index (χ1v) is 5.89. The summed E-state index contributed by atoms with van der Waals surface area (Å²) in [5.74, 6) is 5.52. The zero-order chi connectivity index (χ0) is 12.1. The van der Waals surface area contributed by atoms with Gasteiger partial charge in [-0.15, -0.1) is 0 Å². The van der Waals surface area contributed by atoms with Crippen LogP contribution in [0.25, 0.3) is 0 Å². The third kappa shape index (κ3) is 3.09. The van der Waals surface area contributed by atoms with Crippen LogP contribution in [0.2, 0.25) is 10.0 Å². The topological polar surface area (TPSA) is 47.3 Å². The number of ether oxygens (including phenoxy) is 1. The first-order chi connectivity index (χ1) is 7.61. The van der Waals surface area contributed by atoms with Crippen molar-refractivity contribution in [2.45, 2.75) is 26.0 Å². The second-order valence-corrected chi connectivity index (χ2v) is 4.23. The smallest absolute Gasteiger partial charge is 0.0755 e. The molecule has 90 valence electrons. The van der Waals surface area contributed by atoms with Crippen LogP contribution in [0.1, 0.15) is 25.5 Å². The molecule has 1 rings (SSSR count). The standard InChI is InChI=1S/C11H16Cl2N2O/c1-3-16-7(2)11(15-14)8-5-4-6-9(12)10(8)13/h4-7,11,15H,3,14H2,1-2H3. The molecule has 5 heteroatoms. The van der Waals surface area contributed by atoms with Gasteiger partial charge in [-0.2, -0.15) is 0 Å². The van der Waals surface area contributed by atoms with Gasteiger partial charge in [-0.3, -0.25) is 11.3 Å². The summed E-state index contributed by atoms with van der Waals surface area (Å²) in [7, 11) is 0. The molecule has 0 heterocycles. The molecule has 0 radical (unpaired) electrons. The van der Waals surface area contributed by atoms with Crippen LogP contribution in [0.15, 0.2) is 18.2 Å². The minimum atomic E-state index is -0.175. The van der Waals surface area contributed by atoms with E-state index in [0.29, 0.717) is 16.7 Å². The Morgan fingerprint density at radius 1 is 1.44 bits per heavy atom. The molecule has 2 unspecified atom stereocenters. The summed E-state index contributed by atoms with van der Waals surface area (Å²) in [4.78, 5) is 0. The highest BCUT2D eigenvalue weighted by Crippen LogP contribution is 2.31. The van der Waals surface area contributed by atoms with Gasteiger partial charge in [-0.05, 0) is 25.5 Å².